The largest absolute Gasteiger partial charge is 0.507 e. The topological polar surface area (TPSA) is 98.5 Å². The first kappa shape index (κ1) is 20.9. The van der Waals surface area contributed by atoms with Gasteiger partial charge in [0.05, 0.1) is 11.3 Å². The Labute approximate surface area is 194 Å². The Balaban J connectivity index is 1.36. The molecule has 2 N–H and O–H groups in total. The summed E-state index contributed by atoms with van der Waals surface area (Å²) in [5, 5.41) is 22.4. The zero-order valence-electron chi connectivity index (χ0n) is 17.5. The summed E-state index contributed by atoms with van der Waals surface area (Å²) in [6.07, 6.45) is 0. The van der Waals surface area contributed by atoms with Crippen LogP contribution in [0, 0.1) is 0 Å². The van der Waals surface area contributed by atoms with E-state index in [4.69, 9.17) is 9.47 Å². The second-order valence-electron chi connectivity index (χ2n) is 7.19. The first-order valence-corrected chi connectivity index (χ1v) is 11.3. The summed E-state index contributed by atoms with van der Waals surface area (Å²) in [5.74, 6) is 1.82. The minimum Gasteiger partial charge on any atom is -0.507 e. The number of carbonyl (C=O) groups excluding carboxylic acids is 1. The molecule has 0 radical (unpaired) electrons. The van der Waals surface area contributed by atoms with Crippen LogP contribution in [0.3, 0.4) is 0 Å². The van der Waals surface area contributed by atoms with E-state index in [0.29, 0.717) is 46.9 Å². The smallest absolute Gasteiger partial charge is 0.234 e. The minimum atomic E-state index is -0.191. The highest BCUT2D eigenvalue weighted by Crippen LogP contribution is 2.34. The van der Waals surface area contributed by atoms with Gasteiger partial charge in [-0.25, -0.2) is 0 Å². The highest BCUT2D eigenvalue weighted by Gasteiger charge is 2.19. The number of para-hydroxylation sites is 2. The molecule has 166 valence electrons. The van der Waals surface area contributed by atoms with E-state index < -0.39 is 0 Å². The standard InChI is InChI=1S/C24H20N4O4S/c29-19-9-5-4-8-18(19)23-26-27-24(28(23)17-6-2-1-3-7-17)33-15-22(30)25-16-10-11-20-21(14-16)32-13-12-31-20/h1-11,14,29H,12-13,15H2,(H,25,30). The molecule has 8 nitrogen and oxygen atoms in total. The van der Waals surface area contributed by atoms with Crippen molar-refractivity contribution >= 4 is 23.4 Å². The Kier molecular flexibility index (Phi) is 5.86. The van der Waals surface area contributed by atoms with E-state index >= 15 is 0 Å². The van der Waals surface area contributed by atoms with Crippen LogP contribution in [0.2, 0.25) is 0 Å². The maximum atomic E-state index is 12.6. The first-order valence-electron chi connectivity index (χ1n) is 10.3. The predicted molar refractivity (Wildman–Crippen MR) is 125 cm³/mol. The predicted octanol–water partition coefficient (Wildman–Crippen LogP) is 4.14. The van der Waals surface area contributed by atoms with Gasteiger partial charge in [0.1, 0.15) is 19.0 Å². The number of hydrogen-bond acceptors (Lipinski definition) is 7. The molecule has 0 saturated carbocycles. The van der Waals surface area contributed by atoms with Crippen LogP contribution in [0.1, 0.15) is 0 Å². The van der Waals surface area contributed by atoms with Gasteiger partial charge in [-0.15, -0.1) is 10.2 Å². The average Bonchev–Trinajstić information content (AvgIpc) is 3.27. The van der Waals surface area contributed by atoms with Crippen molar-refractivity contribution in [2.24, 2.45) is 0 Å². The maximum absolute atomic E-state index is 12.6. The number of fused-ring (bicyclic) bond motifs is 1. The van der Waals surface area contributed by atoms with E-state index in [1.54, 1.807) is 36.4 Å². The molecule has 1 amide bonds. The molecular formula is C24H20N4O4S. The molecule has 4 aromatic rings. The summed E-state index contributed by atoms with van der Waals surface area (Å²) in [6.45, 7) is 0.995. The molecule has 5 rings (SSSR count). The quantitative estimate of drug-likeness (QED) is 0.417. The number of nitrogens with zero attached hydrogens (tertiary/aromatic N) is 3. The number of rotatable bonds is 6. The molecule has 0 spiro atoms. The van der Waals surface area contributed by atoms with Crippen LogP contribution in [-0.4, -0.2) is 44.7 Å². The molecule has 2 heterocycles. The normalized spacial score (nSPS) is 12.4. The summed E-state index contributed by atoms with van der Waals surface area (Å²) >= 11 is 1.26. The van der Waals surface area contributed by atoms with Gasteiger partial charge in [-0.05, 0) is 36.4 Å². The third-order valence-corrected chi connectivity index (χ3v) is 5.88. The van der Waals surface area contributed by atoms with Gasteiger partial charge in [-0.3, -0.25) is 9.36 Å². The number of anilines is 1. The Hall–Kier alpha value is -3.98. The zero-order chi connectivity index (χ0) is 22.6. The van der Waals surface area contributed by atoms with E-state index in [-0.39, 0.29) is 17.4 Å². The van der Waals surface area contributed by atoms with Crippen LogP contribution in [0.5, 0.6) is 17.2 Å². The molecule has 1 aliphatic heterocycles. The number of thioether (sulfide) groups is 1. The van der Waals surface area contributed by atoms with E-state index in [9.17, 15) is 9.90 Å². The lowest BCUT2D eigenvalue weighted by molar-refractivity contribution is -0.113. The highest BCUT2D eigenvalue weighted by molar-refractivity contribution is 7.99. The lowest BCUT2D eigenvalue weighted by atomic mass is 10.2. The molecule has 0 atom stereocenters. The second kappa shape index (κ2) is 9.25. The Morgan fingerprint density at radius 1 is 0.970 bits per heavy atom. The number of phenolic OH excluding ortho intramolecular Hbond substituents is 1. The van der Waals surface area contributed by atoms with E-state index in [2.05, 4.69) is 15.5 Å². The molecular weight excluding hydrogens is 440 g/mol. The minimum absolute atomic E-state index is 0.106. The molecule has 1 aromatic heterocycles. The number of carbonyl (C=O) groups is 1. The Morgan fingerprint density at radius 2 is 1.73 bits per heavy atom. The summed E-state index contributed by atoms with van der Waals surface area (Å²) in [5.41, 5.74) is 2.02. The monoisotopic (exact) mass is 460 g/mol. The second-order valence-corrected chi connectivity index (χ2v) is 8.13. The van der Waals surface area contributed by atoms with E-state index in [0.717, 1.165) is 5.69 Å². The fraction of sp³-hybridized carbons (Fsp3) is 0.125. The molecule has 1 aliphatic rings. The number of amides is 1. The van der Waals surface area contributed by atoms with Gasteiger partial charge < -0.3 is 19.9 Å². The van der Waals surface area contributed by atoms with Crippen molar-refractivity contribution in [1.82, 2.24) is 14.8 Å². The van der Waals surface area contributed by atoms with Crippen molar-refractivity contribution in [3.05, 3.63) is 72.8 Å². The van der Waals surface area contributed by atoms with Gasteiger partial charge in [-0.2, -0.15) is 0 Å². The molecule has 33 heavy (non-hydrogen) atoms. The van der Waals surface area contributed by atoms with Crippen molar-refractivity contribution in [1.29, 1.82) is 0 Å². The number of ether oxygens (including phenoxy) is 2. The molecule has 0 fully saturated rings. The lowest BCUT2D eigenvalue weighted by Gasteiger charge is -2.19. The third kappa shape index (κ3) is 4.49. The van der Waals surface area contributed by atoms with Crippen molar-refractivity contribution in [2.75, 3.05) is 24.3 Å². The van der Waals surface area contributed by atoms with Crippen LogP contribution in [0.15, 0.2) is 78.0 Å². The van der Waals surface area contributed by atoms with Crippen molar-refractivity contribution < 1.29 is 19.4 Å². The summed E-state index contributed by atoms with van der Waals surface area (Å²) in [7, 11) is 0. The van der Waals surface area contributed by atoms with Crippen molar-refractivity contribution in [2.45, 2.75) is 5.16 Å². The number of phenols is 1. The van der Waals surface area contributed by atoms with Gasteiger partial charge >= 0.3 is 0 Å². The number of hydrogen-bond donors (Lipinski definition) is 2. The number of aromatic nitrogens is 3. The van der Waals surface area contributed by atoms with Gasteiger partial charge in [0.2, 0.25) is 5.91 Å². The van der Waals surface area contributed by atoms with Gasteiger partial charge in [-0.1, -0.05) is 42.1 Å². The highest BCUT2D eigenvalue weighted by atomic mass is 32.2. The van der Waals surface area contributed by atoms with Gasteiger partial charge in [0, 0.05) is 17.4 Å². The molecule has 0 saturated heterocycles. The number of nitrogens with one attached hydrogen (secondary N) is 1. The van der Waals surface area contributed by atoms with Gasteiger partial charge in [0.15, 0.2) is 22.5 Å². The van der Waals surface area contributed by atoms with E-state index in [1.165, 1.54) is 11.8 Å². The van der Waals surface area contributed by atoms with Gasteiger partial charge in [0.25, 0.3) is 0 Å². The zero-order valence-corrected chi connectivity index (χ0v) is 18.3. The average molecular weight is 461 g/mol. The summed E-state index contributed by atoms with van der Waals surface area (Å²) in [4.78, 5) is 12.6. The molecule has 0 bridgehead atoms. The SMILES string of the molecule is O=C(CSc1nnc(-c2ccccc2O)n1-c1ccccc1)Nc1ccc2c(c1)OCCO2. The van der Waals surface area contributed by atoms with E-state index in [1.807, 2.05) is 41.0 Å². The lowest BCUT2D eigenvalue weighted by Crippen LogP contribution is -2.17. The van der Waals surface area contributed by atoms with Crippen LogP contribution in [0.4, 0.5) is 5.69 Å². The summed E-state index contributed by atoms with van der Waals surface area (Å²) in [6, 6.07) is 21.8. The summed E-state index contributed by atoms with van der Waals surface area (Å²) < 4.78 is 12.9. The Morgan fingerprint density at radius 3 is 2.55 bits per heavy atom. The molecule has 9 heteroatoms. The first-order chi connectivity index (χ1) is 16.2. The Bertz CT molecular complexity index is 1290. The number of aromatic hydroxyl groups is 1. The van der Waals surface area contributed by atoms with Crippen molar-refractivity contribution in [3.8, 4) is 34.3 Å². The third-order valence-electron chi connectivity index (χ3n) is 4.95. The molecule has 3 aromatic carbocycles. The maximum Gasteiger partial charge on any atom is 0.234 e. The molecule has 0 unspecified atom stereocenters. The van der Waals surface area contributed by atoms with Crippen LogP contribution >= 0.6 is 11.8 Å². The van der Waals surface area contributed by atoms with Crippen molar-refractivity contribution in [3.63, 3.8) is 0 Å². The van der Waals surface area contributed by atoms with Crippen LogP contribution in [-0.2, 0) is 4.79 Å². The molecule has 0 aliphatic carbocycles. The fourth-order valence-electron chi connectivity index (χ4n) is 3.46. The van der Waals surface area contributed by atoms with Crippen LogP contribution in [0.25, 0.3) is 17.1 Å². The number of benzene rings is 3. The van der Waals surface area contributed by atoms with Crippen LogP contribution < -0.4 is 14.8 Å². The fourth-order valence-corrected chi connectivity index (χ4v) is 4.21.